The minimum absolute atomic E-state index is 0.0286. The number of ketones is 1. The quantitative estimate of drug-likeness (QED) is 0.498. The summed E-state index contributed by atoms with van der Waals surface area (Å²) in [4.78, 5) is 28.7. The number of aromatic nitrogens is 2. The van der Waals surface area contributed by atoms with E-state index in [2.05, 4.69) is 24.0 Å². The number of carbonyl (C=O) groups excluding carboxylic acids is 2. The van der Waals surface area contributed by atoms with Gasteiger partial charge in [0.05, 0.1) is 24.4 Å². The molecule has 0 N–H and O–H groups in total. The summed E-state index contributed by atoms with van der Waals surface area (Å²) >= 11 is 0. The zero-order valence-corrected chi connectivity index (χ0v) is 19.5. The van der Waals surface area contributed by atoms with Crippen molar-refractivity contribution in [1.29, 1.82) is 0 Å². The van der Waals surface area contributed by atoms with E-state index in [1.807, 2.05) is 50.2 Å². The molecule has 1 aromatic heterocycles. The molecule has 3 aromatic rings. The van der Waals surface area contributed by atoms with Gasteiger partial charge in [-0.25, -0.2) is 0 Å². The van der Waals surface area contributed by atoms with Crippen LogP contribution in [0.25, 0.3) is 0 Å². The first-order valence-corrected chi connectivity index (χ1v) is 10.9. The smallest absolute Gasteiger partial charge is 0.295 e. The lowest BCUT2D eigenvalue weighted by molar-refractivity contribution is -0.117. The third kappa shape index (κ3) is 4.16. The number of benzene rings is 2. The van der Waals surface area contributed by atoms with Gasteiger partial charge < -0.3 is 4.74 Å². The molecule has 1 aliphatic heterocycles. The average Bonchev–Trinajstić information content (AvgIpc) is 3.11. The standard InChI is InChI=1S/C27H27N3O3/c1-16(2)19-11-13-20(14-12-19)24-23(25(31)21-9-6-17(3)7-10-21)26(33-5)27(32)30(24)22-15-8-18(4)28-29-22/h6-16,24H,1-5H3. The molecule has 2 heterocycles. The highest BCUT2D eigenvalue weighted by atomic mass is 16.5. The third-order valence-corrected chi connectivity index (χ3v) is 5.90. The van der Waals surface area contributed by atoms with Crippen molar-refractivity contribution in [1.82, 2.24) is 10.2 Å². The van der Waals surface area contributed by atoms with E-state index in [-0.39, 0.29) is 11.5 Å². The Balaban J connectivity index is 1.89. The highest BCUT2D eigenvalue weighted by molar-refractivity contribution is 6.20. The number of aryl methyl sites for hydroxylation is 2. The third-order valence-electron chi connectivity index (χ3n) is 5.90. The summed E-state index contributed by atoms with van der Waals surface area (Å²) in [6.07, 6.45) is 0. The number of methoxy groups -OCH3 is 1. The van der Waals surface area contributed by atoms with Crippen molar-refractivity contribution in [3.8, 4) is 0 Å². The van der Waals surface area contributed by atoms with Crippen LogP contribution < -0.4 is 4.90 Å². The molecule has 1 atom stereocenters. The Bertz CT molecular complexity index is 1210. The number of hydrogen-bond acceptors (Lipinski definition) is 5. The van der Waals surface area contributed by atoms with Gasteiger partial charge in [-0.3, -0.25) is 14.5 Å². The molecular formula is C27H27N3O3. The van der Waals surface area contributed by atoms with Gasteiger partial charge in [0.25, 0.3) is 5.91 Å². The van der Waals surface area contributed by atoms with Crippen LogP contribution in [0.3, 0.4) is 0 Å². The minimum Gasteiger partial charge on any atom is -0.491 e. The molecule has 0 fully saturated rings. The summed E-state index contributed by atoms with van der Waals surface area (Å²) in [5, 5.41) is 8.36. The molecule has 4 rings (SSSR count). The van der Waals surface area contributed by atoms with Gasteiger partial charge in [0, 0.05) is 5.56 Å². The molecule has 0 radical (unpaired) electrons. The van der Waals surface area contributed by atoms with Crippen LogP contribution in [0.4, 0.5) is 5.82 Å². The predicted octanol–water partition coefficient (Wildman–Crippen LogP) is 5.09. The van der Waals surface area contributed by atoms with Crippen LogP contribution in [0.15, 0.2) is 72.0 Å². The van der Waals surface area contributed by atoms with Crippen molar-refractivity contribution < 1.29 is 14.3 Å². The van der Waals surface area contributed by atoms with E-state index in [4.69, 9.17) is 4.74 Å². The van der Waals surface area contributed by atoms with Gasteiger partial charge in [-0.1, -0.05) is 67.9 Å². The second kappa shape index (κ2) is 8.98. The van der Waals surface area contributed by atoms with E-state index < -0.39 is 11.9 Å². The van der Waals surface area contributed by atoms with Crippen LogP contribution in [0.5, 0.6) is 0 Å². The summed E-state index contributed by atoms with van der Waals surface area (Å²) in [5.41, 5.74) is 4.56. The Morgan fingerprint density at radius 3 is 2.15 bits per heavy atom. The van der Waals surface area contributed by atoms with Gasteiger partial charge in [0.1, 0.15) is 0 Å². The summed E-state index contributed by atoms with van der Waals surface area (Å²) in [6.45, 7) is 8.04. The summed E-state index contributed by atoms with van der Waals surface area (Å²) < 4.78 is 5.51. The summed E-state index contributed by atoms with van der Waals surface area (Å²) in [7, 11) is 1.42. The maximum Gasteiger partial charge on any atom is 0.295 e. The van der Waals surface area contributed by atoms with Gasteiger partial charge in [-0.15, -0.1) is 5.10 Å². The Kier molecular flexibility index (Phi) is 6.09. The highest BCUT2D eigenvalue weighted by Crippen LogP contribution is 2.42. The predicted molar refractivity (Wildman–Crippen MR) is 127 cm³/mol. The summed E-state index contributed by atoms with van der Waals surface area (Å²) in [5.74, 6) is 0.0949. The number of carbonyl (C=O) groups is 2. The SMILES string of the molecule is COC1=C(C(=O)c2ccc(C)cc2)C(c2ccc(C(C)C)cc2)N(c2ccc(C)nn2)C1=O. The Hall–Kier alpha value is -3.80. The molecule has 1 amide bonds. The molecule has 1 unspecified atom stereocenters. The van der Waals surface area contributed by atoms with Gasteiger partial charge in [-0.05, 0) is 43.0 Å². The second-order valence-corrected chi connectivity index (χ2v) is 8.57. The number of amides is 1. The molecule has 6 nitrogen and oxygen atoms in total. The number of rotatable bonds is 6. The molecule has 1 aliphatic rings. The van der Waals surface area contributed by atoms with Crippen LogP contribution in [0, 0.1) is 13.8 Å². The number of anilines is 1. The lowest BCUT2D eigenvalue weighted by Crippen LogP contribution is -2.32. The average molecular weight is 442 g/mol. The van der Waals surface area contributed by atoms with E-state index in [9.17, 15) is 9.59 Å². The molecule has 0 aliphatic carbocycles. The van der Waals surface area contributed by atoms with Gasteiger partial charge >= 0.3 is 0 Å². The van der Waals surface area contributed by atoms with E-state index in [1.54, 1.807) is 24.3 Å². The van der Waals surface area contributed by atoms with Crippen LogP contribution in [-0.2, 0) is 9.53 Å². The highest BCUT2D eigenvalue weighted by Gasteiger charge is 2.46. The van der Waals surface area contributed by atoms with Crippen LogP contribution >= 0.6 is 0 Å². The van der Waals surface area contributed by atoms with Crippen molar-refractivity contribution in [2.75, 3.05) is 12.0 Å². The Morgan fingerprint density at radius 1 is 0.939 bits per heavy atom. The van der Waals surface area contributed by atoms with E-state index in [1.165, 1.54) is 17.6 Å². The molecule has 2 aromatic carbocycles. The number of Topliss-reactive ketones (excluding diaryl/α,β-unsaturated/α-hetero) is 1. The topological polar surface area (TPSA) is 72.4 Å². The molecule has 168 valence electrons. The van der Waals surface area contributed by atoms with E-state index in [0.717, 1.165) is 16.8 Å². The van der Waals surface area contributed by atoms with Gasteiger partial charge in [0.15, 0.2) is 17.4 Å². The molecular weight excluding hydrogens is 414 g/mol. The Morgan fingerprint density at radius 2 is 1.61 bits per heavy atom. The molecule has 0 spiro atoms. The molecule has 0 bridgehead atoms. The van der Waals surface area contributed by atoms with Gasteiger partial charge in [-0.2, -0.15) is 5.10 Å². The number of hydrogen-bond donors (Lipinski definition) is 0. The van der Waals surface area contributed by atoms with Crippen LogP contribution in [0.2, 0.25) is 0 Å². The molecule has 0 saturated heterocycles. The zero-order valence-electron chi connectivity index (χ0n) is 19.5. The molecule has 6 heteroatoms. The van der Waals surface area contributed by atoms with Crippen LogP contribution in [-0.4, -0.2) is 29.0 Å². The fourth-order valence-electron chi connectivity index (χ4n) is 4.02. The fraction of sp³-hybridized carbons (Fsp3) is 0.259. The van der Waals surface area contributed by atoms with E-state index in [0.29, 0.717) is 22.9 Å². The number of ether oxygens (including phenoxy) is 1. The van der Waals surface area contributed by atoms with Crippen molar-refractivity contribution in [3.05, 3.63) is 99.9 Å². The monoisotopic (exact) mass is 441 g/mol. The van der Waals surface area contributed by atoms with Crippen molar-refractivity contribution in [2.45, 2.75) is 39.7 Å². The van der Waals surface area contributed by atoms with Crippen LogP contribution in [0.1, 0.15) is 58.5 Å². The molecule has 33 heavy (non-hydrogen) atoms. The zero-order chi connectivity index (χ0) is 23.7. The lowest BCUT2D eigenvalue weighted by atomic mass is 9.91. The first-order chi connectivity index (χ1) is 15.8. The van der Waals surface area contributed by atoms with Crippen molar-refractivity contribution >= 4 is 17.5 Å². The Labute approximate surface area is 193 Å². The van der Waals surface area contributed by atoms with Crippen molar-refractivity contribution in [3.63, 3.8) is 0 Å². The second-order valence-electron chi connectivity index (χ2n) is 8.57. The lowest BCUT2D eigenvalue weighted by Gasteiger charge is -2.26. The number of nitrogens with zero attached hydrogens (tertiary/aromatic N) is 3. The first kappa shape index (κ1) is 22.4. The van der Waals surface area contributed by atoms with Crippen molar-refractivity contribution in [2.24, 2.45) is 0 Å². The van der Waals surface area contributed by atoms with E-state index >= 15 is 0 Å². The first-order valence-electron chi connectivity index (χ1n) is 10.9. The fourth-order valence-corrected chi connectivity index (χ4v) is 4.02. The summed E-state index contributed by atoms with van der Waals surface area (Å²) in [6, 6.07) is 18.1. The maximum absolute atomic E-state index is 13.7. The minimum atomic E-state index is -0.681. The van der Waals surface area contributed by atoms with Gasteiger partial charge in [0.2, 0.25) is 0 Å². The molecule has 0 saturated carbocycles. The normalized spacial score (nSPS) is 16.0. The largest absolute Gasteiger partial charge is 0.491 e. The maximum atomic E-state index is 13.7.